The summed E-state index contributed by atoms with van der Waals surface area (Å²) in [7, 11) is 1.86. The fourth-order valence-electron chi connectivity index (χ4n) is 2.44. The van der Waals surface area contributed by atoms with Crippen LogP contribution < -0.4 is 5.32 Å². The first-order valence-corrected chi connectivity index (χ1v) is 6.38. The molecule has 0 aliphatic carbocycles. The zero-order valence-electron chi connectivity index (χ0n) is 10.6. The molecule has 18 heavy (non-hydrogen) atoms. The van der Waals surface area contributed by atoms with Crippen molar-refractivity contribution in [3.63, 3.8) is 0 Å². The molecule has 0 spiro atoms. The summed E-state index contributed by atoms with van der Waals surface area (Å²) in [6, 6.07) is 3.78. The minimum absolute atomic E-state index is 0.160. The van der Waals surface area contributed by atoms with E-state index in [2.05, 4.69) is 5.32 Å². The number of ether oxygens (including phenoxy) is 1. The molecule has 0 aromatic heterocycles. The molecule has 1 heterocycles. The van der Waals surface area contributed by atoms with Crippen LogP contribution in [0.5, 0.6) is 0 Å². The van der Waals surface area contributed by atoms with E-state index >= 15 is 0 Å². The number of likely N-dealkylation sites (N-methyl/N-ethyl adjacent to an activating group) is 1. The molecule has 100 valence electrons. The van der Waals surface area contributed by atoms with Crippen molar-refractivity contribution in [1.82, 2.24) is 5.32 Å². The molecule has 0 bridgehead atoms. The third-order valence-corrected chi connectivity index (χ3v) is 3.52. The van der Waals surface area contributed by atoms with E-state index in [1.807, 2.05) is 7.05 Å². The molecule has 0 amide bonds. The third-order valence-electron chi connectivity index (χ3n) is 3.52. The van der Waals surface area contributed by atoms with E-state index in [1.54, 1.807) is 0 Å². The Balaban J connectivity index is 1.98. The first kappa shape index (κ1) is 13.4. The average Bonchev–Trinajstić information content (AvgIpc) is 2.85. The molecule has 1 aromatic carbocycles. The molecule has 1 fully saturated rings. The lowest BCUT2D eigenvalue weighted by Crippen LogP contribution is -2.30. The molecule has 0 radical (unpaired) electrons. The van der Waals surface area contributed by atoms with Crippen molar-refractivity contribution in [2.24, 2.45) is 5.92 Å². The van der Waals surface area contributed by atoms with Gasteiger partial charge in [-0.2, -0.15) is 0 Å². The van der Waals surface area contributed by atoms with Gasteiger partial charge in [0.15, 0.2) is 0 Å². The summed E-state index contributed by atoms with van der Waals surface area (Å²) in [5.41, 5.74) is 0.438. The summed E-state index contributed by atoms with van der Waals surface area (Å²) < 4.78 is 32.0. The predicted molar refractivity (Wildman–Crippen MR) is 66.5 cm³/mol. The largest absolute Gasteiger partial charge is 0.381 e. The molecule has 1 saturated heterocycles. The normalized spacial score (nSPS) is 21.2. The Morgan fingerprint density at radius 2 is 2.28 bits per heavy atom. The molecule has 1 aromatic rings. The van der Waals surface area contributed by atoms with E-state index in [-0.39, 0.29) is 17.7 Å². The van der Waals surface area contributed by atoms with Gasteiger partial charge in [0.2, 0.25) is 0 Å². The van der Waals surface area contributed by atoms with Crippen LogP contribution in [0.1, 0.15) is 18.4 Å². The summed E-state index contributed by atoms with van der Waals surface area (Å²) in [6.07, 6.45) is 2.51. The monoisotopic (exact) mass is 255 g/mol. The van der Waals surface area contributed by atoms with Crippen LogP contribution in [-0.2, 0) is 11.2 Å². The number of rotatable bonds is 5. The second-order valence-electron chi connectivity index (χ2n) is 4.89. The van der Waals surface area contributed by atoms with Gasteiger partial charge in [0.25, 0.3) is 0 Å². The van der Waals surface area contributed by atoms with Gasteiger partial charge in [0.05, 0.1) is 0 Å². The molecule has 0 saturated carbocycles. The minimum Gasteiger partial charge on any atom is -0.381 e. The van der Waals surface area contributed by atoms with Crippen LogP contribution in [0.15, 0.2) is 18.2 Å². The molecule has 1 N–H and O–H groups in total. The van der Waals surface area contributed by atoms with Gasteiger partial charge in [-0.3, -0.25) is 0 Å². The van der Waals surface area contributed by atoms with Gasteiger partial charge in [-0.15, -0.1) is 0 Å². The first-order chi connectivity index (χ1) is 8.69. The van der Waals surface area contributed by atoms with Crippen LogP contribution in [-0.4, -0.2) is 26.3 Å². The van der Waals surface area contributed by atoms with Gasteiger partial charge in [0.1, 0.15) is 11.6 Å². The van der Waals surface area contributed by atoms with Crippen LogP contribution in [0, 0.1) is 17.6 Å². The summed E-state index contributed by atoms with van der Waals surface area (Å²) in [5.74, 6) is -0.191. The van der Waals surface area contributed by atoms with E-state index in [9.17, 15) is 8.78 Å². The lowest BCUT2D eigenvalue weighted by Gasteiger charge is -2.19. The Bertz CT molecular complexity index is 391. The van der Waals surface area contributed by atoms with E-state index < -0.39 is 0 Å². The zero-order valence-corrected chi connectivity index (χ0v) is 10.6. The maximum atomic E-state index is 13.6. The van der Waals surface area contributed by atoms with Crippen LogP contribution in [0.25, 0.3) is 0 Å². The van der Waals surface area contributed by atoms with Crippen molar-refractivity contribution in [3.8, 4) is 0 Å². The van der Waals surface area contributed by atoms with Crippen LogP contribution in [0.3, 0.4) is 0 Å². The Morgan fingerprint density at radius 3 is 2.94 bits per heavy atom. The highest BCUT2D eigenvalue weighted by Gasteiger charge is 2.21. The predicted octanol–water partition coefficient (Wildman–Crippen LogP) is 2.52. The zero-order chi connectivity index (χ0) is 13.0. The highest BCUT2D eigenvalue weighted by atomic mass is 19.1. The second kappa shape index (κ2) is 6.25. The lowest BCUT2D eigenvalue weighted by atomic mass is 9.94. The fraction of sp³-hybridized carbons (Fsp3) is 0.571. The van der Waals surface area contributed by atoms with Crippen molar-refractivity contribution >= 4 is 0 Å². The maximum absolute atomic E-state index is 13.6. The Morgan fingerprint density at radius 1 is 1.44 bits per heavy atom. The lowest BCUT2D eigenvalue weighted by molar-refractivity contribution is 0.181. The maximum Gasteiger partial charge on any atom is 0.126 e. The first-order valence-electron chi connectivity index (χ1n) is 6.38. The van der Waals surface area contributed by atoms with Crippen LogP contribution in [0.2, 0.25) is 0 Å². The standard InChI is InChI=1S/C14H19F2NO/c1-17-13(6-10-4-5-18-9-10)8-11-7-12(15)2-3-14(11)16/h2-3,7,10,13,17H,4-6,8-9H2,1H3. The summed E-state index contributed by atoms with van der Waals surface area (Å²) in [6.45, 7) is 1.60. The minimum atomic E-state index is -0.384. The van der Waals surface area contributed by atoms with Crippen molar-refractivity contribution in [1.29, 1.82) is 0 Å². The van der Waals surface area contributed by atoms with Crippen molar-refractivity contribution in [3.05, 3.63) is 35.4 Å². The number of hydrogen-bond acceptors (Lipinski definition) is 2. The quantitative estimate of drug-likeness (QED) is 0.873. The second-order valence-corrected chi connectivity index (χ2v) is 4.89. The van der Waals surface area contributed by atoms with E-state index in [4.69, 9.17) is 4.74 Å². The highest BCUT2D eigenvalue weighted by Crippen LogP contribution is 2.21. The van der Waals surface area contributed by atoms with Gasteiger partial charge in [0, 0.05) is 19.3 Å². The van der Waals surface area contributed by atoms with Crippen molar-refractivity contribution in [2.45, 2.75) is 25.3 Å². The summed E-state index contributed by atoms with van der Waals surface area (Å²) >= 11 is 0. The smallest absolute Gasteiger partial charge is 0.126 e. The molecule has 2 unspecified atom stereocenters. The Labute approximate surface area is 106 Å². The molecular formula is C14H19F2NO. The molecule has 4 heteroatoms. The van der Waals surface area contributed by atoms with E-state index in [1.165, 1.54) is 12.1 Å². The van der Waals surface area contributed by atoms with E-state index in [0.717, 1.165) is 32.1 Å². The summed E-state index contributed by atoms with van der Waals surface area (Å²) in [5, 5.41) is 3.18. The molecular weight excluding hydrogens is 236 g/mol. The van der Waals surface area contributed by atoms with Gasteiger partial charge < -0.3 is 10.1 Å². The number of nitrogens with one attached hydrogen (secondary N) is 1. The number of hydrogen-bond donors (Lipinski definition) is 1. The summed E-state index contributed by atoms with van der Waals surface area (Å²) in [4.78, 5) is 0. The van der Waals surface area contributed by atoms with Crippen LogP contribution >= 0.6 is 0 Å². The molecule has 1 aliphatic heterocycles. The molecule has 1 aliphatic rings. The van der Waals surface area contributed by atoms with Crippen LogP contribution in [0.4, 0.5) is 8.78 Å². The van der Waals surface area contributed by atoms with Crippen molar-refractivity contribution in [2.75, 3.05) is 20.3 Å². The number of benzene rings is 1. The third kappa shape index (κ3) is 3.50. The van der Waals surface area contributed by atoms with Crippen molar-refractivity contribution < 1.29 is 13.5 Å². The van der Waals surface area contributed by atoms with E-state index in [0.29, 0.717) is 17.9 Å². The topological polar surface area (TPSA) is 21.3 Å². The molecule has 2 atom stereocenters. The Kier molecular flexibility index (Phi) is 4.66. The average molecular weight is 255 g/mol. The molecule has 2 nitrogen and oxygen atoms in total. The SMILES string of the molecule is CNC(Cc1cc(F)ccc1F)CC1CCOC1. The fourth-order valence-corrected chi connectivity index (χ4v) is 2.44. The van der Waals surface area contributed by atoms with Gasteiger partial charge in [-0.05, 0) is 56.0 Å². The highest BCUT2D eigenvalue weighted by molar-refractivity contribution is 5.19. The molecule has 2 rings (SSSR count). The van der Waals surface area contributed by atoms with Gasteiger partial charge in [-0.25, -0.2) is 8.78 Å². The van der Waals surface area contributed by atoms with Gasteiger partial charge in [-0.1, -0.05) is 0 Å². The Hall–Kier alpha value is -1.00. The number of halogens is 2. The van der Waals surface area contributed by atoms with Gasteiger partial charge >= 0.3 is 0 Å².